The highest BCUT2D eigenvalue weighted by atomic mass is 15.1. The third-order valence-corrected chi connectivity index (χ3v) is 4.62. The van der Waals surface area contributed by atoms with Crippen molar-refractivity contribution in [3.05, 3.63) is 11.9 Å². The lowest BCUT2D eigenvalue weighted by atomic mass is 9.89. The van der Waals surface area contributed by atoms with Crippen molar-refractivity contribution in [1.82, 2.24) is 10.2 Å². The molecule has 4 nitrogen and oxygen atoms in total. The van der Waals surface area contributed by atoms with E-state index in [1.54, 1.807) is 0 Å². The molecule has 0 unspecified atom stereocenters. The molecular formula is C18H34N4. The van der Waals surface area contributed by atoms with Crippen LogP contribution >= 0.6 is 0 Å². The quantitative estimate of drug-likeness (QED) is 0.763. The highest BCUT2D eigenvalue weighted by Gasteiger charge is 2.24. The van der Waals surface area contributed by atoms with E-state index in [9.17, 15) is 0 Å². The van der Waals surface area contributed by atoms with Gasteiger partial charge in [0.15, 0.2) is 0 Å². The second-order valence-corrected chi connectivity index (χ2v) is 7.27. The standard InChI is InChI=1S/C18H34N4/c1-8-22(7)15-11-9-14(10-12-15)21-17(20-6)13-16(19-5)18(2,3)4/h13-15,21H,6,8-12H2,1-5,7H3/b17-13+,19-16+/t14-,15+. The van der Waals surface area contributed by atoms with Crippen LogP contribution in [0.25, 0.3) is 0 Å². The van der Waals surface area contributed by atoms with Crippen LogP contribution < -0.4 is 5.32 Å². The Balaban J connectivity index is 2.64. The van der Waals surface area contributed by atoms with E-state index >= 15 is 0 Å². The summed E-state index contributed by atoms with van der Waals surface area (Å²) in [7, 11) is 4.06. The highest BCUT2D eigenvalue weighted by molar-refractivity contribution is 5.99. The molecule has 1 fully saturated rings. The fourth-order valence-corrected chi connectivity index (χ4v) is 3.01. The van der Waals surface area contributed by atoms with Crippen molar-refractivity contribution in [3.63, 3.8) is 0 Å². The first-order chi connectivity index (χ1) is 10.3. The molecule has 0 aromatic heterocycles. The van der Waals surface area contributed by atoms with Crippen LogP contribution in [-0.2, 0) is 0 Å². The lowest BCUT2D eigenvalue weighted by molar-refractivity contribution is 0.184. The van der Waals surface area contributed by atoms with Gasteiger partial charge in [-0.25, -0.2) is 4.99 Å². The molecule has 0 heterocycles. The molecule has 1 rings (SSSR count). The van der Waals surface area contributed by atoms with Crippen LogP contribution in [0.1, 0.15) is 53.4 Å². The molecule has 0 amide bonds. The number of hydrogen-bond acceptors (Lipinski definition) is 4. The van der Waals surface area contributed by atoms with Crippen molar-refractivity contribution in [2.45, 2.75) is 65.5 Å². The number of allylic oxidation sites excluding steroid dienone is 1. The van der Waals surface area contributed by atoms with Crippen molar-refractivity contribution in [2.24, 2.45) is 15.4 Å². The van der Waals surface area contributed by atoms with Crippen molar-refractivity contribution < 1.29 is 0 Å². The Morgan fingerprint density at radius 3 is 2.27 bits per heavy atom. The van der Waals surface area contributed by atoms with Crippen LogP contribution in [-0.4, -0.2) is 50.1 Å². The van der Waals surface area contributed by atoms with E-state index in [4.69, 9.17) is 0 Å². The van der Waals surface area contributed by atoms with Gasteiger partial charge in [0.1, 0.15) is 5.82 Å². The molecule has 22 heavy (non-hydrogen) atoms. The zero-order valence-electron chi connectivity index (χ0n) is 15.3. The summed E-state index contributed by atoms with van der Waals surface area (Å²) in [4.78, 5) is 11.0. The molecule has 126 valence electrons. The molecule has 0 aliphatic heterocycles. The summed E-state index contributed by atoms with van der Waals surface area (Å²) in [6.07, 6.45) is 6.92. The van der Waals surface area contributed by atoms with Gasteiger partial charge in [-0.1, -0.05) is 27.7 Å². The lowest BCUT2D eigenvalue weighted by Gasteiger charge is -2.34. The largest absolute Gasteiger partial charge is 0.367 e. The van der Waals surface area contributed by atoms with Gasteiger partial charge in [-0.15, -0.1) is 0 Å². The van der Waals surface area contributed by atoms with Crippen LogP contribution in [0.5, 0.6) is 0 Å². The highest BCUT2D eigenvalue weighted by Crippen LogP contribution is 2.23. The molecule has 0 atom stereocenters. The molecule has 1 saturated carbocycles. The van der Waals surface area contributed by atoms with Crippen LogP contribution in [0.3, 0.4) is 0 Å². The average Bonchev–Trinajstić information content (AvgIpc) is 2.49. The molecule has 0 radical (unpaired) electrons. The van der Waals surface area contributed by atoms with Gasteiger partial charge in [0.05, 0.1) is 0 Å². The predicted molar refractivity (Wildman–Crippen MR) is 97.9 cm³/mol. The molecular weight excluding hydrogens is 272 g/mol. The summed E-state index contributed by atoms with van der Waals surface area (Å²) in [6, 6.07) is 1.23. The maximum Gasteiger partial charge on any atom is 0.127 e. The minimum absolute atomic E-state index is 0.0217. The summed E-state index contributed by atoms with van der Waals surface area (Å²) < 4.78 is 0. The van der Waals surface area contributed by atoms with Crippen molar-refractivity contribution in [3.8, 4) is 0 Å². The van der Waals surface area contributed by atoms with Gasteiger partial charge < -0.3 is 10.2 Å². The minimum atomic E-state index is 0.0217. The monoisotopic (exact) mass is 306 g/mol. The van der Waals surface area contributed by atoms with Gasteiger partial charge in [-0.05, 0) is 46.0 Å². The second-order valence-electron chi connectivity index (χ2n) is 7.27. The zero-order valence-corrected chi connectivity index (χ0v) is 15.3. The van der Waals surface area contributed by atoms with Gasteiger partial charge in [-0.2, -0.15) is 0 Å². The molecule has 1 aliphatic carbocycles. The maximum absolute atomic E-state index is 4.39. The van der Waals surface area contributed by atoms with Crippen molar-refractivity contribution in [1.29, 1.82) is 0 Å². The van der Waals surface area contributed by atoms with Gasteiger partial charge in [0.2, 0.25) is 0 Å². The van der Waals surface area contributed by atoms with Crippen molar-refractivity contribution >= 4 is 12.4 Å². The van der Waals surface area contributed by atoms with Crippen molar-refractivity contribution in [2.75, 3.05) is 20.6 Å². The molecule has 0 spiro atoms. The van der Waals surface area contributed by atoms with Crippen LogP contribution in [0.2, 0.25) is 0 Å². The van der Waals surface area contributed by atoms with E-state index in [0.29, 0.717) is 6.04 Å². The van der Waals surface area contributed by atoms with E-state index < -0.39 is 0 Å². The molecule has 0 aromatic carbocycles. The van der Waals surface area contributed by atoms with E-state index in [-0.39, 0.29) is 5.41 Å². The summed E-state index contributed by atoms with van der Waals surface area (Å²) in [6.45, 7) is 13.6. The Morgan fingerprint density at radius 2 is 1.86 bits per heavy atom. The van der Waals surface area contributed by atoms with Gasteiger partial charge in [0, 0.05) is 36.3 Å². The molecule has 0 aromatic rings. The summed E-state index contributed by atoms with van der Waals surface area (Å²) >= 11 is 0. The summed E-state index contributed by atoms with van der Waals surface area (Å²) in [5, 5.41) is 3.55. The molecule has 4 heteroatoms. The molecule has 1 aliphatic rings. The first-order valence-corrected chi connectivity index (χ1v) is 8.44. The minimum Gasteiger partial charge on any atom is -0.367 e. The Morgan fingerprint density at radius 1 is 1.27 bits per heavy atom. The fraction of sp³-hybridized carbons (Fsp3) is 0.778. The molecule has 1 N–H and O–H groups in total. The first-order valence-electron chi connectivity index (χ1n) is 8.44. The number of hydrogen-bond donors (Lipinski definition) is 1. The molecule has 0 saturated heterocycles. The third-order valence-electron chi connectivity index (χ3n) is 4.62. The predicted octanol–water partition coefficient (Wildman–Crippen LogP) is 3.50. The van der Waals surface area contributed by atoms with E-state index in [0.717, 1.165) is 24.1 Å². The average molecular weight is 306 g/mol. The lowest BCUT2D eigenvalue weighted by Crippen LogP contribution is -2.40. The summed E-state index contributed by atoms with van der Waals surface area (Å²) in [5.41, 5.74) is 1.07. The van der Waals surface area contributed by atoms with E-state index in [1.165, 1.54) is 25.7 Å². The van der Waals surface area contributed by atoms with Crippen LogP contribution in [0.4, 0.5) is 0 Å². The first kappa shape index (κ1) is 18.9. The normalized spacial score (nSPS) is 24.5. The Hall–Kier alpha value is -1.16. The third kappa shape index (κ3) is 5.56. The topological polar surface area (TPSA) is 40.0 Å². The summed E-state index contributed by atoms with van der Waals surface area (Å²) in [5.74, 6) is 0.850. The van der Waals surface area contributed by atoms with E-state index in [1.807, 2.05) is 13.1 Å². The maximum atomic E-state index is 4.39. The fourth-order valence-electron chi connectivity index (χ4n) is 3.01. The zero-order chi connectivity index (χ0) is 16.8. The van der Waals surface area contributed by atoms with Gasteiger partial charge in [0.25, 0.3) is 0 Å². The second kappa shape index (κ2) is 8.47. The Labute approximate surface area is 136 Å². The number of nitrogens with one attached hydrogen (secondary N) is 1. The number of nitrogens with zero attached hydrogens (tertiary/aromatic N) is 3. The van der Waals surface area contributed by atoms with Crippen LogP contribution in [0.15, 0.2) is 21.9 Å². The molecule has 0 bridgehead atoms. The Bertz CT molecular complexity index is 409. The van der Waals surface area contributed by atoms with Crippen LogP contribution in [0, 0.1) is 5.41 Å². The SMILES string of the molecule is C=N/C(=C\C(=N/C)C(C)(C)C)N[C@H]1CC[C@@H](N(C)CC)CC1. The number of rotatable bonds is 6. The number of aliphatic imine (C=N–C) groups is 2. The van der Waals surface area contributed by atoms with Gasteiger partial charge in [-0.3, -0.25) is 4.99 Å². The Kier molecular flexibility index (Phi) is 7.27. The van der Waals surface area contributed by atoms with Gasteiger partial charge >= 0.3 is 0 Å². The van der Waals surface area contributed by atoms with E-state index in [2.05, 4.69) is 61.7 Å². The smallest absolute Gasteiger partial charge is 0.127 e.